The maximum absolute atomic E-state index is 12.8. The van der Waals surface area contributed by atoms with Crippen LogP contribution in [-0.2, 0) is 4.79 Å². The van der Waals surface area contributed by atoms with Crippen LogP contribution in [0, 0.1) is 0 Å². The van der Waals surface area contributed by atoms with Crippen molar-refractivity contribution in [3.63, 3.8) is 0 Å². The Labute approximate surface area is 179 Å². The van der Waals surface area contributed by atoms with Crippen LogP contribution in [0.25, 0.3) is 11.4 Å². The van der Waals surface area contributed by atoms with Crippen LogP contribution in [0.3, 0.4) is 0 Å². The normalized spacial score (nSPS) is 13.5. The first-order valence-electron chi connectivity index (χ1n) is 8.53. The molecule has 0 spiro atoms. The van der Waals surface area contributed by atoms with Crippen molar-refractivity contribution in [1.29, 1.82) is 0 Å². The second-order valence-corrected chi connectivity index (χ2v) is 7.92. The maximum Gasteiger partial charge on any atom is 0.426 e. The van der Waals surface area contributed by atoms with Gasteiger partial charge in [0.25, 0.3) is 5.91 Å². The minimum atomic E-state index is -5.11. The second-order valence-electron chi connectivity index (χ2n) is 6.36. The molecular formula is C20H15ClF3N3O2S. The first kappa shape index (κ1) is 22.1. The van der Waals surface area contributed by atoms with E-state index in [0.717, 1.165) is 10.5 Å². The molecule has 0 radical (unpaired) electrons. The van der Waals surface area contributed by atoms with E-state index < -0.39 is 17.7 Å². The van der Waals surface area contributed by atoms with Crippen LogP contribution in [0.5, 0.6) is 0 Å². The Hall–Kier alpha value is -2.62. The zero-order valence-electron chi connectivity index (χ0n) is 15.4. The highest BCUT2D eigenvalue weighted by Gasteiger charge is 2.55. The van der Waals surface area contributed by atoms with E-state index in [4.69, 9.17) is 11.6 Å². The number of aromatic nitrogens is 2. The van der Waals surface area contributed by atoms with Crippen LogP contribution >= 0.6 is 23.4 Å². The van der Waals surface area contributed by atoms with Crippen molar-refractivity contribution in [1.82, 2.24) is 9.97 Å². The molecule has 0 saturated carbocycles. The third kappa shape index (κ3) is 4.92. The maximum atomic E-state index is 12.8. The van der Waals surface area contributed by atoms with Crippen LogP contribution in [0.1, 0.15) is 6.92 Å². The molecule has 30 heavy (non-hydrogen) atoms. The first-order valence-corrected chi connectivity index (χ1v) is 9.73. The lowest BCUT2D eigenvalue weighted by atomic mass is 10.1. The number of alkyl halides is 3. The van der Waals surface area contributed by atoms with E-state index in [0.29, 0.717) is 17.6 Å². The highest BCUT2D eigenvalue weighted by Crippen LogP contribution is 2.35. The summed E-state index contributed by atoms with van der Waals surface area (Å²) >= 11 is 7.48. The minimum absolute atomic E-state index is 0.0351. The van der Waals surface area contributed by atoms with Crippen molar-refractivity contribution < 1.29 is 23.1 Å². The summed E-state index contributed by atoms with van der Waals surface area (Å²) < 4.78 is 38.3. The summed E-state index contributed by atoms with van der Waals surface area (Å²) in [5.74, 6) is -1.01. The van der Waals surface area contributed by atoms with Crippen molar-refractivity contribution >= 4 is 35.0 Å². The molecule has 0 saturated heterocycles. The zero-order valence-corrected chi connectivity index (χ0v) is 17.0. The number of nitrogens with one attached hydrogen (secondary N) is 1. The quantitative estimate of drug-likeness (QED) is 0.555. The van der Waals surface area contributed by atoms with Gasteiger partial charge in [0, 0.05) is 27.7 Å². The summed E-state index contributed by atoms with van der Waals surface area (Å²) in [6.45, 7) is 0.380. The fourth-order valence-electron chi connectivity index (χ4n) is 2.29. The van der Waals surface area contributed by atoms with Gasteiger partial charge in [-0.3, -0.25) is 4.79 Å². The molecule has 0 aliphatic carbocycles. The summed E-state index contributed by atoms with van der Waals surface area (Å²) in [5, 5.41) is 11.5. The summed E-state index contributed by atoms with van der Waals surface area (Å²) in [6.07, 6.45) is -1.81. The largest absolute Gasteiger partial charge is 0.426 e. The van der Waals surface area contributed by atoms with Gasteiger partial charge >= 0.3 is 6.18 Å². The zero-order chi connectivity index (χ0) is 21.9. The van der Waals surface area contributed by atoms with Crippen LogP contribution in [0.2, 0.25) is 5.02 Å². The molecule has 5 nitrogen and oxygen atoms in total. The predicted molar refractivity (Wildman–Crippen MR) is 108 cm³/mol. The van der Waals surface area contributed by atoms with Gasteiger partial charge in [0.1, 0.15) is 0 Å². The highest BCUT2D eigenvalue weighted by atomic mass is 35.5. The van der Waals surface area contributed by atoms with E-state index in [9.17, 15) is 23.1 Å². The fourth-order valence-corrected chi connectivity index (χ4v) is 3.44. The number of rotatable bonds is 5. The van der Waals surface area contributed by atoms with E-state index in [2.05, 4.69) is 9.97 Å². The lowest BCUT2D eigenvalue weighted by Crippen LogP contribution is -2.52. The molecule has 0 aliphatic heterocycles. The van der Waals surface area contributed by atoms with E-state index in [-0.39, 0.29) is 10.7 Å². The molecule has 1 aromatic heterocycles. The number of benzene rings is 2. The molecule has 2 N–H and O–H groups in total. The van der Waals surface area contributed by atoms with Gasteiger partial charge in [0.15, 0.2) is 5.82 Å². The highest BCUT2D eigenvalue weighted by molar-refractivity contribution is 7.99. The van der Waals surface area contributed by atoms with E-state index >= 15 is 0 Å². The van der Waals surface area contributed by atoms with E-state index in [1.165, 1.54) is 23.9 Å². The van der Waals surface area contributed by atoms with Crippen LogP contribution in [0.4, 0.5) is 18.9 Å². The standard InChI is InChI=1S/C20H15ClF3N3O2S/c1-19(29,20(22,23)24)18(28)27-16-8-7-14(11-15(16)21)30-13-5-3-12(4-6-13)17-25-9-2-10-26-17/h2-11,29H,1H3,(H,27,28)/t19-/m1/s1. The number of aliphatic hydroxyl groups is 1. The third-order valence-corrected chi connectivity index (χ3v) is 5.41. The molecule has 10 heteroatoms. The van der Waals surface area contributed by atoms with Crippen LogP contribution in [-0.4, -0.2) is 32.8 Å². The molecule has 0 unspecified atom stereocenters. The topological polar surface area (TPSA) is 75.1 Å². The van der Waals surface area contributed by atoms with Gasteiger partial charge in [-0.15, -0.1) is 0 Å². The number of hydrogen-bond donors (Lipinski definition) is 2. The molecule has 2 aromatic carbocycles. The molecule has 156 valence electrons. The first-order chi connectivity index (χ1) is 14.1. The SMILES string of the molecule is C[C@@](O)(C(=O)Nc1ccc(Sc2ccc(-c3ncccn3)cc2)cc1Cl)C(F)(F)F. The van der Waals surface area contributed by atoms with Gasteiger partial charge in [-0.1, -0.05) is 35.5 Å². The van der Waals surface area contributed by atoms with Crippen LogP contribution < -0.4 is 5.32 Å². The average Bonchev–Trinajstić information content (AvgIpc) is 2.70. The summed E-state index contributed by atoms with van der Waals surface area (Å²) in [5.41, 5.74) is -2.71. The Kier molecular flexibility index (Phi) is 6.35. The lowest BCUT2D eigenvalue weighted by Gasteiger charge is -2.25. The summed E-state index contributed by atoms with van der Waals surface area (Å²) in [6, 6.07) is 13.7. The van der Waals surface area contributed by atoms with Gasteiger partial charge < -0.3 is 10.4 Å². The third-order valence-electron chi connectivity index (χ3n) is 4.10. The molecular weight excluding hydrogens is 439 g/mol. The Balaban J connectivity index is 1.71. The van der Waals surface area contributed by atoms with Gasteiger partial charge in [0.2, 0.25) is 5.60 Å². The Bertz CT molecular complexity index is 1050. The second kappa shape index (κ2) is 8.63. The Morgan fingerprint density at radius 1 is 1.07 bits per heavy atom. The number of nitrogens with zero attached hydrogens (tertiary/aromatic N) is 2. The monoisotopic (exact) mass is 453 g/mol. The number of anilines is 1. The Morgan fingerprint density at radius 3 is 2.23 bits per heavy atom. The summed E-state index contributed by atoms with van der Waals surface area (Å²) in [7, 11) is 0. The molecule has 3 aromatic rings. The molecule has 1 heterocycles. The molecule has 0 aliphatic rings. The van der Waals surface area contributed by atoms with Gasteiger partial charge in [0.05, 0.1) is 10.7 Å². The lowest BCUT2D eigenvalue weighted by molar-refractivity contribution is -0.242. The smallest absolute Gasteiger partial charge is 0.373 e. The minimum Gasteiger partial charge on any atom is -0.373 e. The summed E-state index contributed by atoms with van der Waals surface area (Å²) in [4.78, 5) is 21.8. The van der Waals surface area contributed by atoms with E-state index in [1.54, 1.807) is 24.5 Å². The fraction of sp³-hybridized carbons (Fsp3) is 0.150. The molecule has 1 amide bonds. The van der Waals surface area contributed by atoms with Crippen molar-refractivity contribution in [3.05, 3.63) is 65.9 Å². The van der Waals surface area contributed by atoms with E-state index in [1.807, 2.05) is 29.6 Å². The van der Waals surface area contributed by atoms with Gasteiger partial charge in [-0.05, 0) is 43.3 Å². The number of amides is 1. The van der Waals surface area contributed by atoms with Crippen LogP contribution in [0.15, 0.2) is 70.7 Å². The molecule has 1 atom stereocenters. The number of halogens is 4. The van der Waals surface area contributed by atoms with Gasteiger partial charge in [-0.2, -0.15) is 13.2 Å². The molecule has 3 rings (SSSR count). The van der Waals surface area contributed by atoms with Crippen molar-refractivity contribution in [2.45, 2.75) is 28.5 Å². The van der Waals surface area contributed by atoms with Crippen molar-refractivity contribution in [2.24, 2.45) is 0 Å². The van der Waals surface area contributed by atoms with Gasteiger partial charge in [-0.25, -0.2) is 9.97 Å². The van der Waals surface area contributed by atoms with Crippen molar-refractivity contribution in [2.75, 3.05) is 5.32 Å². The Morgan fingerprint density at radius 2 is 1.67 bits per heavy atom. The molecule has 0 bridgehead atoms. The number of carbonyl (C=O) groups is 1. The molecule has 0 fully saturated rings. The van der Waals surface area contributed by atoms with Crippen molar-refractivity contribution in [3.8, 4) is 11.4 Å². The number of hydrogen-bond acceptors (Lipinski definition) is 5. The number of carbonyl (C=O) groups excluding carboxylic acids is 1. The average molecular weight is 454 g/mol. The predicted octanol–water partition coefficient (Wildman–Crippen LogP) is 5.20.